The van der Waals surface area contributed by atoms with Crippen LogP contribution < -0.4 is 10.1 Å². The van der Waals surface area contributed by atoms with Gasteiger partial charge in [-0.15, -0.1) is 0 Å². The molecule has 36 heavy (non-hydrogen) atoms. The normalized spacial score (nSPS) is 21.9. The van der Waals surface area contributed by atoms with E-state index < -0.39 is 0 Å². The Bertz CT molecular complexity index is 1100. The minimum Gasteiger partial charge on any atom is -0.489 e. The number of benzene rings is 3. The largest absolute Gasteiger partial charge is 0.489 e. The van der Waals surface area contributed by atoms with Gasteiger partial charge >= 0.3 is 0 Å². The third-order valence-corrected chi connectivity index (χ3v) is 7.04. The molecule has 2 aliphatic heterocycles. The van der Waals surface area contributed by atoms with Crippen molar-refractivity contribution in [3.05, 3.63) is 96.1 Å². The fraction of sp³-hybridized carbons (Fsp3) is 0.367. The maximum absolute atomic E-state index is 12.8. The number of nitrogens with zero attached hydrogens (tertiary/aromatic N) is 1. The van der Waals surface area contributed by atoms with Crippen LogP contribution in [0, 0.1) is 0 Å². The van der Waals surface area contributed by atoms with Gasteiger partial charge in [0.2, 0.25) is 5.91 Å². The van der Waals surface area contributed by atoms with Gasteiger partial charge in [-0.25, -0.2) is 0 Å². The Labute approximate surface area is 213 Å². The van der Waals surface area contributed by atoms with Gasteiger partial charge in [0.05, 0.1) is 24.9 Å². The molecule has 3 aromatic rings. The van der Waals surface area contributed by atoms with Crippen molar-refractivity contribution in [2.75, 3.05) is 31.6 Å². The maximum Gasteiger partial charge on any atom is 0.238 e. The number of carbonyl (C=O) groups excluding carboxylic acids is 1. The van der Waals surface area contributed by atoms with Crippen molar-refractivity contribution in [1.82, 2.24) is 4.90 Å². The predicted molar refractivity (Wildman–Crippen MR) is 140 cm³/mol. The summed E-state index contributed by atoms with van der Waals surface area (Å²) >= 11 is 0. The second-order valence-corrected chi connectivity index (χ2v) is 9.63. The van der Waals surface area contributed by atoms with Gasteiger partial charge in [0.15, 0.2) is 0 Å². The molecule has 2 fully saturated rings. The molecule has 1 spiro atoms. The van der Waals surface area contributed by atoms with Crippen molar-refractivity contribution in [2.24, 2.45) is 0 Å². The van der Waals surface area contributed by atoms with Gasteiger partial charge in [-0.1, -0.05) is 60.7 Å². The molecule has 6 heteroatoms. The van der Waals surface area contributed by atoms with E-state index in [9.17, 15) is 4.79 Å². The Morgan fingerprint density at radius 3 is 2.28 bits per heavy atom. The molecular weight excluding hydrogens is 452 g/mol. The average molecular weight is 487 g/mol. The Hall–Kier alpha value is -3.19. The number of nitrogens with one attached hydrogen (secondary N) is 1. The number of rotatable bonds is 9. The molecule has 5 rings (SSSR count). The molecule has 0 radical (unpaired) electrons. The molecule has 0 unspecified atom stereocenters. The number of hydrogen-bond acceptors (Lipinski definition) is 5. The lowest BCUT2D eigenvalue weighted by Crippen LogP contribution is -2.57. The molecule has 0 saturated carbocycles. The first-order valence-electron chi connectivity index (χ1n) is 12.8. The van der Waals surface area contributed by atoms with E-state index in [4.69, 9.17) is 14.2 Å². The van der Waals surface area contributed by atoms with Gasteiger partial charge in [0.25, 0.3) is 0 Å². The first kappa shape index (κ1) is 24.5. The van der Waals surface area contributed by atoms with Crippen LogP contribution in [0.3, 0.4) is 0 Å². The first-order valence-corrected chi connectivity index (χ1v) is 12.8. The second-order valence-electron chi connectivity index (χ2n) is 9.63. The average Bonchev–Trinajstić information content (AvgIpc) is 3.39. The Kier molecular flexibility index (Phi) is 7.96. The lowest BCUT2D eigenvalue weighted by molar-refractivity contribution is -0.159. The van der Waals surface area contributed by atoms with Crippen molar-refractivity contribution in [2.45, 2.75) is 44.2 Å². The molecule has 1 amide bonds. The van der Waals surface area contributed by atoms with Crippen molar-refractivity contribution in [3.63, 3.8) is 0 Å². The molecule has 2 saturated heterocycles. The lowest BCUT2D eigenvalue weighted by atomic mass is 9.85. The molecule has 0 bridgehead atoms. The number of hydrogen-bond donors (Lipinski definition) is 1. The number of anilines is 1. The van der Waals surface area contributed by atoms with E-state index in [-0.39, 0.29) is 17.6 Å². The highest BCUT2D eigenvalue weighted by Crippen LogP contribution is 2.38. The molecule has 6 nitrogen and oxygen atoms in total. The van der Waals surface area contributed by atoms with E-state index in [1.165, 1.54) is 0 Å². The van der Waals surface area contributed by atoms with Crippen LogP contribution in [0.5, 0.6) is 5.75 Å². The summed E-state index contributed by atoms with van der Waals surface area (Å²) < 4.78 is 18.5. The summed E-state index contributed by atoms with van der Waals surface area (Å²) in [6.45, 7) is 3.69. The number of ether oxygens (including phenoxy) is 3. The van der Waals surface area contributed by atoms with Crippen molar-refractivity contribution < 1.29 is 19.0 Å². The van der Waals surface area contributed by atoms with E-state index in [1.807, 2.05) is 72.8 Å². The summed E-state index contributed by atoms with van der Waals surface area (Å²) in [6, 6.07) is 27.8. The summed E-state index contributed by atoms with van der Waals surface area (Å²) in [6.07, 6.45) is 2.91. The highest BCUT2D eigenvalue weighted by atomic mass is 16.6. The summed E-state index contributed by atoms with van der Waals surface area (Å²) in [5, 5.41) is 3.02. The zero-order valence-corrected chi connectivity index (χ0v) is 20.6. The Balaban J connectivity index is 1.12. The Morgan fingerprint density at radius 2 is 1.61 bits per heavy atom. The molecule has 2 atom stereocenters. The lowest BCUT2D eigenvalue weighted by Gasteiger charge is -2.44. The number of amides is 1. The highest BCUT2D eigenvalue weighted by molar-refractivity contribution is 5.92. The van der Waals surface area contributed by atoms with Crippen LogP contribution >= 0.6 is 0 Å². The van der Waals surface area contributed by atoms with E-state index in [2.05, 4.69) is 22.3 Å². The molecule has 188 valence electrons. The first-order chi connectivity index (χ1) is 17.7. The zero-order chi connectivity index (χ0) is 24.6. The van der Waals surface area contributed by atoms with E-state index in [0.717, 1.165) is 55.0 Å². The number of piperidine rings is 1. The van der Waals surface area contributed by atoms with Crippen molar-refractivity contribution in [1.29, 1.82) is 0 Å². The van der Waals surface area contributed by atoms with Gasteiger partial charge in [-0.2, -0.15) is 0 Å². The summed E-state index contributed by atoms with van der Waals surface area (Å²) in [4.78, 5) is 15.0. The van der Waals surface area contributed by atoms with Gasteiger partial charge in [-0.3, -0.25) is 9.69 Å². The van der Waals surface area contributed by atoms with Gasteiger partial charge < -0.3 is 19.5 Å². The monoisotopic (exact) mass is 486 g/mol. The van der Waals surface area contributed by atoms with Gasteiger partial charge in [0.1, 0.15) is 12.4 Å². The topological polar surface area (TPSA) is 60.0 Å². The minimum absolute atomic E-state index is 0.0296. The van der Waals surface area contributed by atoms with Crippen LogP contribution in [0.2, 0.25) is 0 Å². The second kappa shape index (κ2) is 11.7. The molecule has 2 aliphatic rings. The van der Waals surface area contributed by atoms with Crippen molar-refractivity contribution in [3.8, 4) is 5.75 Å². The van der Waals surface area contributed by atoms with Crippen LogP contribution in [-0.2, 0) is 27.5 Å². The smallest absolute Gasteiger partial charge is 0.238 e. The van der Waals surface area contributed by atoms with Crippen molar-refractivity contribution >= 4 is 11.6 Å². The van der Waals surface area contributed by atoms with Crippen LogP contribution in [0.4, 0.5) is 5.69 Å². The van der Waals surface area contributed by atoms with Gasteiger partial charge in [-0.05, 0) is 54.7 Å². The number of carbonyl (C=O) groups is 1. The van der Waals surface area contributed by atoms with Crippen LogP contribution in [0.25, 0.3) is 0 Å². The third kappa shape index (κ3) is 6.32. The highest BCUT2D eigenvalue weighted by Gasteiger charge is 2.47. The third-order valence-electron chi connectivity index (χ3n) is 7.04. The fourth-order valence-electron chi connectivity index (χ4n) is 5.07. The van der Waals surface area contributed by atoms with Crippen LogP contribution in [0.1, 0.15) is 30.4 Å². The summed E-state index contributed by atoms with van der Waals surface area (Å²) in [5.74, 6) is 0.742. The molecular formula is C30H34N2O4. The quantitative estimate of drug-likeness (QED) is 0.459. The number of likely N-dealkylation sites (tertiary alicyclic amines) is 1. The maximum atomic E-state index is 12.8. The molecule has 2 heterocycles. The van der Waals surface area contributed by atoms with E-state index in [1.54, 1.807) is 0 Å². The van der Waals surface area contributed by atoms with Crippen LogP contribution in [-0.4, -0.2) is 48.8 Å². The van der Waals surface area contributed by atoms with Crippen LogP contribution in [0.15, 0.2) is 84.9 Å². The minimum atomic E-state index is -0.225. The van der Waals surface area contributed by atoms with E-state index >= 15 is 0 Å². The molecule has 0 aliphatic carbocycles. The predicted octanol–water partition coefficient (Wildman–Crippen LogP) is 5.04. The standard InChI is InChI=1S/C30H34N2O4/c33-29(31-26-12-14-27(15-13-26)34-22-24-8-3-1-4-9-24)21-32-18-17-30(16-7-19-36-30)28(20-32)35-23-25-10-5-2-6-11-25/h1-6,8-15,28H,7,16-23H2,(H,31,33)/t28-,30+/m1/s1. The fourth-order valence-corrected chi connectivity index (χ4v) is 5.07. The molecule has 3 aromatic carbocycles. The Morgan fingerprint density at radius 1 is 0.917 bits per heavy atom. The molecule has 1 N–H and O–H groups in total. The summed E-state index contributed by atoms with van der Waals surface area (Å²) in [7, 11) is 0. The molecule has 0 aromatic heterocycles. The summed E-state index contributed by atoms with van der Waals surface area (Å²) in [5.41, 5.74) is 2.80. The van der Waals surface area contributed by atoms with E-state index in [0.29, 0.717) is 26.3 Å². The SMILES string of the molecule is O=C(CN1CC[C@@]2(CCCO2)[C@H](OCc2ccccc2)C1)Nc1ccc(OCc2ccccc2)cc1. The van der Waals surface area contributed by atoms with Gasteiger partial charge in [0, 0.05) is 25.4 Å². The zero-order valence-electron chi connectivity index (χ0n) is 20.6.